The van der Waals surface area contributed by atoms with E-state index >= 15 is 0 Å². The van der Waals surface area contributed by atoms with Gasteiger partial charge in [0.1, 0.15) is 0 Å². The highest BCUT2D eigenvalue weighted by Crippen LogP contribution is 2.38. The minimum Gasteiger partial charge on any atom is -0.340 e. The zero-order valence-corrected chi connectivity index (χ0v) is 17.2. The van der Waals surface area contributed by atoms with Gasteiger partial charge >= 0.3 is 0 Å². The van der Waals surface area contributed by atoms with Gasteiger partial charge in [0.15, 0.2) is 0 Å². The van der Waals surface area contributed by atoms with Crippen LogP contribution in [0.1, 0.15) is 47.4 Å². The van der Waals surface area contributed by atoms with Gasteiger partial charge in [0.05, 0.1) is 23.7 Å². The SMILES string of the molecule is CCCN1CCN(C(=O)C[C@H]2c3ncccc3C(=O)N2c2cccc(C)c2)CC1. The van der Waals surface area contributed by atoms with Crippen molar-refractivity contribution in [2.45, 2.75) is 32.7 Å². The molecule has 1 aromatic heterocycles. The maximum atomic E-state index is 13.1. The number of hydrogen-bond donors (Lipinski definition) is 0. The van der Waals surface area contributed by atoms with E-state index in [4.69, 9.17) is 0 Å². The third-order valence-electron chi connectivity index (χ3n) is 5.83. The Morgan fingerprint density at radius 3 is 2.66 bits per heavy atom. The van der Waals surface area contributed by atoms with Crippen LogP contribution in [0, 0.1) is 6.92 Å². The third-order valence-corrected chi connectivity index (χ3v) is 5.83. The number of carbonyl (C=O) groups excluding carboxylic acids is 2. The number of fused-ring (bicyclic) bond motifs is 1. The van der Waals surface area contributed by atoms with E-state index in [1.165, 1.54) is 0 Å². The largest absolute Gasteiger partial charge is 0.340 e. The lowest BCUT2D eigenvalue weighted by atomic mass is 10.1. The summed E-state index contributed by atoms with van der Waals surface area (Å²) >= 11 is 0. The Hall–Kier alpha value is -2.73. The van der Waals surface area contributed by atoms with Crippen molar-refractivity contribution in [3.63, 3.8) is 0 Å². The van der Waals surface area contributed by atoms with Crippen molar-refractivity contribution in [1.29, 1.82) is 0 Å². The van der Waals surface area contributed by atoms with Gasteiger partial charge in [0.2, 0.25) is 5.91 Å². The molecule has 152 valence electrons. The van der Waals surface area contributed by atoms with Crippen LogP contribution in [0.3, 0.4) is 0 Å². The van der Waals surface area contributed by atoms with E-state index < -0.39 is 0 Å². The van der Waals surface area contributed by atoms with E-state index in [2.05, 4.69) is 16.8 Å². The molecule has 0 aliphatic carbocycles. The summed E-state index contributed by atoms with van der Waals surface area (Å²) in [6.45, 7) is 8.60. The van der Waals surface area contributed by atoms with E-state index in [0.717, 1.165) is 50.4 Å². The molecule has 6 nitrogen and oxygen atoms in total. The number of aryl methyl sites for hydroxylation is 1. The molecule has 0 bridgehead atoms. The zero-order valence-electron chi connectivity index (χ0n) is 17.2. The van der Waals surface area contributed by atoms with E-state index in [1.54, 1.807) is 17.2 Å². The lowest BCUT2D eigenvalue weighted by molar-refractivity contribution is -0.133. The Morgan fingerprint density at radius 2 is 1.93 bits per heavy atom. The number of aromatic nitrogens is 1. The van der Waals surface area contributed by atoms with Gasteiger partial charge in [0.25, 0.3) is 5.91 Å². The molecule has 1 aromatic carbocycles. The average molecular weight is 393 g/mol. The van der Waals surface area contributed by atoms with Crippen LogP contribution in [0.5, 0.6) is 0 Å². The van der Waals surface area contributed by atoms with Crippen LogP contribution >= 0.6 is 0 Å². The Bertz CT molecular complexity index is 905. The average Bonchev–Trinajstić information content (AvgIpc) is 3.01. The molecule has 1 fully saturated rings. The number of nitrogens with zero attached hydrogens (tertiary/aromatic N) is 4. The summed E-state index contributed by atoms with van der Waals surface area (Å²) < 4.78 is 0. The van der Waals surface area contributed by atoms with E-state index in [9.17, 15) is 9.59 Å². The summed E-state index contributed by atoms with van der Waals surface area (Å²) in [7, 11) is 0. The van der Waals surface area contributed by atoms with Crippen LogP contribution in [0.4, 0.5) is 5.69 Å². The van der Waals surface area contributed by atoms with E-state index in [1.807, 2.05) is 42.2 Å². The fraction of sp³-hybridized carbons (Fsp3) is 0.435. The number of rotatable bonds is 5. The molecule has 0 radical (unpaired) electrons. The molecule has 1 atom stereocenters. The second-order valence-electron chi connectivity index (χ2n) is 7.89. The van der Waals surface area contributed by atoms with Crippen LogP contribution in [0.25, 0.3) is 0 Å². The van der Waals surface area contributed by atoms with Crippen molar-refractivity contribution in [2.24, 2.45) is 0 Å². The van der Waals surface area contributed by atoms with Gasteiger partial charge in [-0.15, -0.1) is 0 Å². The van der Waals surface area contributed by atoms with Crippen molar-refractivity contribution in [3.8, 4) is 0 Å². The molecule has 4 rings (SSSR count). The number of pyridine rings is 1. The lowest BCUT2D eigenvalue weighted by Gasteiger charge is -2.35. The monoisotopic (exact) mass is 392 g/mol. The first-order chi connectivity index (χ1) is 14.1. The zero-order chi connectivity index (χ0) is 20.4. The molecule has 2 aromatic rings. The summed E-state index contributed by atoms with van der Waals surface area (Å²) in [5.74, 6) is 0.0133. The highest BCUT2D eigenvalue weighted by Gasteiger charge is 2.40. The lowest BCUT2D eigenvalue weighted by Crippen LogP contribution is -2.49. The third kappa shape index (κ3) is 3.90. The number of carbonyl (C=O) groups is 2. The normalized spacial score (nSPS) is 19.5. The second-order valence-corrected chi connectivity index (χ2v) is 7.89. The molecular weight excluding hydrogens is 364 g/mol. The maximum Gasteiger partial charge on any atom is 0.260 e. The molecule has 2 aliphatic rings. The Labute approximate surface area is 172 Å². The van der Waals surface area contributed by atoms with E-state index in [0.29, 0.717) is 11.3 Å². The fourth-order valence-corrected chi connectivity index (χ4v) is 4.35. The number of piperazine rings is 1. The van der Waals surface area contributed by atoms with Crippen molar-refractivity contribution in [3.05, 3.63) is 59.4 Å². The first kappa shape index (κ1) is 19.6. The first-order valence-corrected chi connectivity index (χ1v) is 10.4. The summed E-state index contributed by atoms with van der Waals surface area (Å²) in [4.78, 5) is 36.8. The summed E-state index contributed by atoms with van der Waals surface area (Å²) in [5.41, 5.74) is 3.20. The molecule has 29 heavy (non-hydrogen) atoms. The van der Waals surface area contributed by atoms with Crippen molar-refractivity contribution in [1.82, 2.24) is 14.8 Å². The highest BCUT2D eigenvalue weighted by molar-refractivity contribution is 6.11. The van der Waals surface area contributed by atoms with Gasteiger partial charge in [0, 0.05) is 38.1 Å². The maximum absolute atomic E-state index is 13.1. The Balaban J connectivity index is 1.56. The molecule has 2 amide bonds. The van der Waals surface area contributed by atoms with Gasteiger partial charge in [-0.05, 0) is 49.7 Å². The number of amides is 2. The highest BCUT2D eigenvalue weighted by atomic mass is 16.2. The predicted octanol–water partition coefficient (Wildman–Crippen LogP) is 3.04. The molecule has 6 heteroatoms. The van der Waals surface area contributed by atoms with Gasteiger partial charge in [-0.3, -0.25) is 24.4 Å². The smallest absolute Gasteiger partial charge is 0.260 e. The van der Waals surface area contributed by atoms with Crippen LogP contribution < -0.4 is 4.90 Å². The van der Waals surface area contributed by atoms with Crippen LogP contribution in [-0.4, -0.2) is 59.3 Å². The van der Waals surface area contributed by atoms with Crippen molar-refractivity contribution >= 4 is 17.5 Å². The first-order valence-electron chi connectivity index (χ1n) is 10.4. The summed E-state index contributed by atoms with van der Waals surface area (Å²) in [5, 5.41) is 0. The molecule has 0 spiro atoms. The fourth-order valence-electron chi connectivity index (χ4n) is 4.35. The quantitative estimate of drug-likeness (QED) is 0.785. The van der Waals surface area contributed by atoms with Crippen molar-refractivity contribution < 1.29 is 9.59 Å². The summed E-state index contributed by atoms with van der Waals surface area (Å²) in [6.07, 6.45) is 3.09. The molecule has 3 heterocycles. The number of anilines is 1. The minimum absolute atomic E-state index is 0.0794. The van der Waals surface area contributed by atoms with Gasteiger partial charge in [-0.2, -0.15) is 0 Å². The van der Waals surface area contributed by atoms with Gasteiger partial charge in [-0.25, -0.2) is 0 Å². The van der Waals surface area contributed by atoms with Crippen LogP contribution in [0.15, 0.2) is 42.6 Å². The summed E-state index contributed by atoms with van der Waals surface area (Å²) in [6, 6.07) is 11.1. The standard InChI is InChI=1S/C23H28N4O2/c1-3-10-25-11-13-26(14-12-25)21(28)16-20-22-19(8-5-9-24-22)23(29)27(20)18-7-4-6-17(2)15-18/h4-9,15,20H,3,10-14,16H2,1-2H3/t20-/m0/s1. The predicted molar refractivity (Wildman–Crippen MR) is 113 cm³/mol. The van der Waals surface area contributed by atoms with Crippen LogP contribution in [0.2, 0.25) is 0 Å². The van der Waals surface area contributed by atoms with Gasteiger partial charge in [-0.1, -0.05) is 19.1 Å². The topological polar surface area (TPSA) is 56.8 Å². The van der Waals surface area contributed by atoms with Crippen molar-refractivity contribution in [2.75, 3.05) is 37.6 Å². The molecule has 0 N–H and O–H groups in total. The molecule has 0 saturated carbocycles. The molecule has 1 saturated heterocycles. The second kappa shape index (κ2) is 8.33. The molecule has 0 unspecified atom stereocenters. The Kier molecular flexibility index (Phi) is 5.62. The molecule has 2 aliphatic heterocycles. The minimum atomic E-state index is -0.360. The van der Waals surface area contributed by atoms with E-state index in [-0.39, 0.29) is 24.3 Å². The number of hydrogen-bond acceptors (Lipinski definition) is 4. The van der Waals surface area contributed by atoms with Gasteiger partial charge < -0.3 is 4.90 Å². The van der Waals surface area contributed by atoms with Crippen LogP contribution in [-0.2, 0) is 4.79 Å². The molecular formula is C23H28N4O2. The Morgan fingerprint density at radius 1 is 1.14 bits per heavy atom. The number of benzene rings is 1.